The molecular weight excluding hydrogens is 212 g/mol. The molecule has 2 N–H and O–H groups in total. The highest BCUT2D eigenvalue weighted by molar-refractivity contribution is 5.94. The predicted octanol–water partition coefficient (Wildman–Crippen LogP) is 1.87. The summed E-state index contributed by atoms with van der Waals surface area (Å²) in [7, 11) is 0. The van der Waals surface area contributed by atoms with Gasteiger partial charge in [-0.15, -0.1) is 0 Å². The molecular formula is C11H12O5. The number of benzene rings is 1. The minimum absolute atomic E-state index is 0.000602. The first kappa shape index (κ1) is 12.0. The van der Waals surface area contributed by atoms with E-state index in [-0.39, 0.29) is 23.0 Å². The number of carboxylic acid groups (broad SMARTS) is 2. The highest BCUT2D eigenvalue weighted by Gasteiger charge is 2.15. The first-order chi connectivity index (χ1) is 7.41. The first-order valence-electron chi connectivity index (χ1n) is 4.69. The highest BCUT2D eigenvalue weighted by Crippen LogP contribution is 2.22. The van der Waals surface area contributed by atoms with E-state index in [2.05, 4.69) is 0 Å². The number of carbonyl (C=O) groups is 2. The van der Waals surface area contributed by atoms with E-state index in [4.69, 9.17) is 14.9 Å². The third kappa shape index (κ3) is 2.73. The van der Waals surface area contributed by atoms with Crippen molar-refractivity contribution in [3.63, 3.8) is 0 Å². The molecule has 0 spiro atoms. The number of hydrogen-bond acceptors (Lipinski definition) is 3. The molecule has 0 aliphatic rings. The lowest BCUT2D eigenvalue weighted by molar-refractivity contribution is 0.0675. The van der Waals surface area contributed by atoms with Crippen molar-refractivity contribution < 1.29 is 24.5 Å². The van der Waals surface area contributed by atoms with Crippen LogP contribution in [0.15, 0.2) is 18.2 Å². The van der Waals surface area contributed by atoms with Gasteiger partial charge in [0.1, 0.15) is 11.3 Å². The standard InChI is InChI=1S/C11H12O5/c1-6(2)16-9-5-7(10(12)13)3-4-8(9)11(14)15/h3-6H,1-2H3,(H,12,13)(H,14,15). The van der Waals surface area contributed by atoms with Crippen LogP contribution in [0.1, 0.15) is 34.6 Å². The van der Waals surface area contributed by atoms with Crippen LogP contribution in [0.3, 0.4) is 0 Å². The normalized spacial score (nSPS) is 10.2. The van der Waals surface area contributed by atoms with E-state index < -0.39 is 11.9 Å². The number of carboxylic acids is 2. The Morgan fingerprint density at radius 3 is 2.25 bits per heavy atom. The second-order valence-corrected chi connectivity index (χ2v) is 3.49. The second-order valence-electron chi connectivity index (χ2n) is 3.49. The minimum atomic E-state index is -1.15. The van der Waals surface area contributed by atoms with Crippen LogP contribution in [0.5, 0.6) is 5.75 Å². The summed E-state index contributed by atoms with van der Waals surface area (Å²) in [6.07, 6.45) is -0.220. The summed E-state index contributed by atoms with van der Waals surface area (Å²) in [5, 5.41) is 17.7. The van der Waals surface area contributed by atoms with E-state index in [0.717, 1.165) is 0 Å². The highest BCUT2D eigenvalue weighted by atomic mass is 16.5. The molecule has 0 bridgehead atoms. The van der Waals surface area contributed by atoms with Crippen LogP contribution in [0.25, 0.3) is 0 Å². The lowest BCUT2D eigenvalue weighted by Gasteiger charge is -2.12. The van der Waals surface area contributed by atoms with E-state index in [1.54, 1.807) is 13.8 Å². The zero-order chi connectivity index (χ0) is 12.3. The molecule has 0 heterocycles. The fourth-order valence-corrected chi connectivity index (χ4v) is 1.18. The molecule has 0 unspecified atom stereocenters. The van der Waals surface area contributed by atoms with Gasteiger partial charge in [0, 0.05) is 0 Å². The van der Waals surface area contributed by atoms with Gasteiger partial charge in [-0.2, -0.15) is 0 Å². The van der Waals surface area contributed by atoms with Gasteiger partial charge in [0.05, 0.1) is 11.7 Å². The Balaban J connectivity index is 3.21. The maximum Gasteiger partial charge on any atom is 0.339 e. The summed E-state index contributed by atoms with van der Waals surface area (Å²) in [6.45, 7) is 3.47. The van der Waals surface area contributed by atoms with Crippen molar-refractivity contribution >= 4 is 11.9 Å². The number of hydrogen-bond donors (Lipinski definition) is 2. The molecule has 0 aromatic heterocycles. The van der Waals surface area contributed by atoms with Crippen molar-refractivity contribution in [2.24, 2.45) is 0 Å². The van der Waals surface area contributed by atoms with Gasteiger partial charge in [0.2, 0.25) is 0 Å². The first-order valence-corrected chi connectivity index (χ1v) is 4.69. The fourth-order valence-electron chi connectivity index (χ4n) is 1.18. The quantitative estimate of drug-likeness (QED) is 0.815. The largest absolute Gasteiger partial charge is 0.490 e. The van der Waals surface area contributed by atoms with E-state index in [9.17, 15) is 9.59 Å². The van der Waals surface area contributed by atoms with E-state index in [1.807, 2.05) is 0 Å². The van der Waals surface area contributed by atoms with Crippen LogP contribution in [-0.4, -0.2) is 28.3 Å². The molecule has 1 rings (SSSR count). The number of ether oxygens (including phenoxy) is 1. The summed E-state index contributed by atoms with van der Waals surface area (Å²) in [5.41, 5.74) is -0.0423. The Hall–Kier alpha value is -2.04. The molecule has 0 saturated heterocycles. The van der Waals surface area contributed by atoms with Crippen LogP contribution < -0.4 is 4.74 Å². The van der Waals surface area contributed by atoms with E-state index >= 15 is 0 Å². The van der Waals surface area contributed by atoms with Crippen molar-refractivity contribution in [1.82, 2.24) is 0 Å². The fraction of sp³-hybridized carbons (Fsp3) is 0.273. The molecule has 0 saturated carbocycles. The monoisotopic (exact) mass is 224 g/mol. The lowest BCUT2D eigenvalue weighted by Crippen LogP contribution is -2.11. The summed E-state index contributed by atoms with van der Waals surface area (Å²) in [4.78, 5) is 21.6. The Bertz CT molecular complexity index is 422. The number of rotatable bonds is 4. The topological polar surface area (TPSA) is 83.8 Å². The molecule has 5 heteroatoms. The molecule has 1 aromatic rings. The molecule has 1 aromatic carbocycles. The molecule has 16 heavy (non-hydrogen) atoms. The molecule has 5 nitrogen and oxygen atoms in total. The van der Waals surface area contributed by atoms with Crippen LogP contribution in [0.2, 0.25) is 0 Å². The van der Waals surface area contributed by atoms with Gasteiger partial charge in [-0.05, 0) is 32.0 Å². The Labute approximate surface area is 92.3 Å². The van der Waals surface area contributed by atoms with E-state index in [0.29, 0.717) is 0 Å². The summed E-state index contributed by atoms with van der Waals surface area (Å²) in [5.74, 6) is -2.19. The Morgan fingerprint density at radius 1 is 1.19 bits per heavy atom. The predicted molar refractivity (Wildman–Crippen MR) is 56.1 cm³/mol. The van der Waals surface area contributed by atoms with Crippen molar-refractivity contribution in [2.75, 3.05) is 0 Å². The average molecular weight is 224 g/mol. The third-order valence-corrected chi connectivity index (χ3v) is 1.82. The average Bonchev–Trinajstić information content (AvgIpc) is 2.15. The van der Waals surface area contributed by atoms with Crippen molar-refractivity contribution in [3.05, 3.63) is 29.3 Å². The molecule has 0 radical (unpaired) electrons. The van der Waals surface area contributed by atoms with Crippen LogP contribution >= 0.6 is 0 Å². The van der Waals surface area contributed by atoms with Crippen molar-refractivity contribution in [2.45, 2.75) is 20.0 Å². The van der Waals surface area contributed by atoms with Gasteiger partial charge in [-0.3, -0.25) is 0 Å². The zero-order valence-electron chi connectivity index (χ0n) is 8.93. The molecule has 0 atom stereocenters. The third-order valence-electron chi connectivity index (χ3n) is 1.82. The SMILES string of the molecule is CC(C)Oc1cc(C(=O)O)ccc1C(=O)O. The lowest BCUT2D eigenvalue weighted by atomic mass is 10.1. The molecule has 0 fully saturated rings. The smallest absolute Gasteiger partial charge is 0.339 e. The number of aromatic carboxylic acids is 2. The van der Waals surface area contributed by atoms with Crippen molar-refractivity contribution in [3.8, 4) is 5.75 Å². The van der Waals surface area contributed by atoms with Gasteiger partial charge < -0.3 is 14.9 Å². The second kappa shape index (κ2) is 4.65. The summed E-state index contributed by atoms with van der Waals surface area (Å²) in [6, 6.07) is 3.67. The maximum absolute atomic E-state index is 10.9. The Morgan fingerprint density at radius 2 is 1.81 bits per heavy atom. The van der Waals surface area contributed by atoms with Crippen molar-refractivity contribution in [1.29, 1.82) is 0 Å². The molecule has 86 valence electrons. The molecule has 0 aliphatic carbocycles. The maximum atomic E-state index is 10.9. The van der Waals surface area contributed by atoms with Gasteiger partial charge in [-0.25, -0.2) is 9.59 Å². The molecule has 0 aliphatic heterocycles. The minimum Gasteiger partial charge on any atom is -0.490 e. The summed E-state index contributed by atoms with van der Waals surface area (Å²) >= 11 is 0. The van der Waals surface area contributed by atoms with Gasteiger partial charge in [-0.1, -0.05) is 0 Å². The summed E-state index contributed by atoms with van der Waals surface area (Å²) < 4.78 is 5.25. The van der Waals surface area contributed by atoms with Gasteiger partial charge >= 0.3 is 11.9 Å². The van der Waals surface area contributed by atoms with Gasteiger partial charge in [0.15, 0.2) is 0 Å². The molecule has 0 amide bonds. The van der Waals surface area contributed by atoms with Crippen LogP contribution in [-0.2, 0) is 0 Å². The van der Waals surface area contributed by atoms with Gasteiger partial charge in [0.25, 0.3) is 0 Å². The van der Waals surface area contributed by atoms with Crippen LogP contribution in [0.4, 0.5) is 0 Å². The zero-order valence-corrected chi connectivity index (χ0v) is 8.93. The van der Waals surface area contributed by atoms with E-state index in [1.165, 1.54) is 18.2 Å². The Kier molecular flexibility index (Phi) is 3.50. The van der Waals surface area contributed by atoms with Crippen LogP contribution in [0, 0.1) is 0 Å².